The van der Waals surface area contributed by atoms with E-state index in [1.165, 1.54) is 0 Å². The molecule has 29 heavy (non-hydrogen) atoms. The van der Waals surface area contributed by atoms with Crippen LogP contribution < -0.4 is 11.1 Å². The smallest absolute Gasteiger partial charge is 0.369 e. The van der Waals surface area contributed by atoms with Crippen LogP contribution in [0.5, 0.6) is 0 Å². The fourth-order valence-corrected chi connectivity index (χ4v) is 3.33. The number of halogens is 3. The number of aromatic nitrogens is 1. The molecule has 1 aromatic heterocycles. The van der Waals surface area contributed by atoms with E-state index in [9.17, 15) is 22.8 Å². The predicted molar refractivity (Wildman–Crippen MR) is 101 cm³/mol. The highest BCUT2D eigenvalue weighted by Crippen LogP contribution is 2.32. The van der Waals surface area contributed by atoms with Crippen LogP contribution >= 0.6 is 0 Å². The van der Waals surface area contributed by atoms with E-state index in [2.05, 4.69) is 16.9 Å². The fraction of sp³-hybridized carbons (Fsp3) is 0.250. The van der Waals surface area contributed by atoms with E-state index < -0.39 is 23.6 Å². The summed E-state index contributed by atoms with van der Waals surface area (Å²) >= 11 is 0. The predicted octanol–water partition coefficient (Wildman–Crippen LogP) is 2.92. The van der Waals surface area contributed by atoms with Gasteiger partial charge >= 0.3 is 6.18 Å². The first-order valence-electron chi connectivity index (χ1n) is 8.77. The fourth-order valence-electron chi connectivity index (χ4n) is 3.33. The average Bonchev–Trinajstić information content (AvgIpc) is 2.66. The molecule has 0 radical (unpaired) electrons. The van der Waals surface area contributed by atoms with Gasteiger partial charge in [0.2, 0.25) is 5.91 Å². The number of hydrogen-bond acceptors (Lipinski definition) is 4. The standard InChI is InChI=1S/C20H19F3N4O2/c1-2-12-9-27(11-18(24)28)10-14-6-16(3-4-17(12)14)26-19(29)13-5-15(8-25-7-13)20(21,22)23/h2-8,12H,1,9-11H2,(H2,24,28)(H,26,29)/t12-/m0/s1. The molecule has 1 aliphatic heterocycles. The third-order valence-corrected chi connectivity index (χ3v) is 4.64. The van der Waals surface area contributed by atoms with Crippen molar-refractivity contribution in [3.05, 3.63) is 71.6 Å². The first kappa shape index (κ1) is 20.5. The molecule has 9 heteroatoms. The topological polar surface area (TPSA) is 88.3 Å². The van der Waals surface area contributed by atoms with Crippen molar-refractivity contribution in [2.24, 2.45) is 5.73 Å². The molecule has 0 saturated carbocycles. The number of anilines is 1. The van der Waals surface area contributed by atoms with Gasteiger partial charge < -0.3 is 11.1 Å². The second-order valence-electron chi connectivity index (χ2n) is 6.81. The van der Waals surface area contributed by atoms with Crippen LogP contribution in [-0.2, 0) is 17.5 Å². The molecular formula is C20H19F3N4O2. The molecule has 0 bridgehead atoms. The van der Waals surface area contributed by atoms with Crippen molar-refractivity contribution >= 4 is 17.5 Å². The highest BCUT2D eigenvalue weighted by molar-refractivity contribution is 6.04. The maximum absolute atomic E-state index is 12.8. The number of fused-ring (bicyclic) bond motifs is 1. The van der Waals surface area contributed by atoms with Crippen LogP contribution in [0.15, 0.2) is 49.3 Å². The van der Waals surface area contributed by atoms with Gasteiger partial charge in [-0.15, -0.1) is 6.58 Å². The van der Waals surface area contributed by atoms with Gasteiger partial charge in [-0.05, 0) is 29.3 Å². The SMILES string of the molecule is C=C[C@H]1CN(CC(N)=O)Cc2cc(NC(=O)c3cncc(C(F)(F)F)c3)ccc21. The van der Waals surface area contributed by atoms with Gasteiger partial charge in [0.1, 0.15) is 0 Å². The molecule has 3 rings (SSSR count). The molecule has 0 aliphatic carbocycles. The molecule has 2 aromatic rings. The van der Waals surface area contributed by atoms with Gasteiger partial charge in [-0.3, -0.25) is 19.5 Å². The maximum Gasteiger partial charge on any atom is 0.417 e. The van der Waals surface area contributed by atoms with Crippen LogP contribution in [0.4, 0.5) is 18.9 Å². The number of nitrogens with zero attached hydrogens (tertiary/aromatic N) is 2. The van der Waals surface area contributed by atoms with E-state index in [1.807, 2.05) is 11.0 Å². The summed E-state index contributed by atoms with van der Waals surface area (Å²) in [6, 6.07) is 6.00. The number of benzene rings is 1. The summed E-state index contributed by atoms with van der Waals surface area (Å²) in [5.41, 5.74) is 6.41. The first-order chi connectivity index (χ1) is 13.7. The molecule has 2 heterocycles. The number of rotatable bonds is 5. The molecule has 152 valence electrons. The second kappa shape index (κ2) is 8.04. The molecule has 0 saturated heterocycles. The molecule has 0 spiro atoms. The minimum absolute atomic E-state index is 0.00415. The van der Waals surface area contributed by atoms with E-state index in [4.69, 9.17) is 5.73 Å². The lowest BCUT2D eigenvalue weighted by Gasteiger charge is -2.32. The summed E-state index contributed by atoms with van der Waals surface area (Å²) < 4.78 is 38.5. The number of nitrogens with one attached hydrogen (secondary N) is 1. The summed E-state index contributed by atoms with van der Waals surface area (Å²) in [5, 5.41) is 2.59. The van der Waals surface area contributed by atoms with Gasteiger partial charge in [-0.25, -0.2) is 0 Å². The van der Waals surface area contributed by atoms with Crippen molar-refractivity contribution in [3.63, 3.8) is 0 Å². The Balaban J connectivity index is 1.82. The Labute approximate surface area is 165 Å². The molecule has 6 nitrogen and oxygen atoms in total. The summed E-state index contributed by atoms with van der Waals surface area (Å²) in [6.45, 7) is 4.97. The number of primary amides is 1. The Kier molecular flexibility index (Phi) is 5.69. The molecule has 0 fully saturated rings. The number of carbonyl (C=O) groups is 2. The summed E-state index contributed by atoms with van der Waals surface area (Å²) in [4.78, 5) is 29.0. The summed E-state index contributed by atoms with van der Waals surface area (Å²) in [7, 11) is 0. The number of alkyl halides is 3. The number of pyridine rings is 1. The molecule has 1 aliphatic rings. The van der Waals surface area contributed by atoms with Crippen LogP contribution in [0.2, 0.25) is 0 Å². The van der Waals surface area contributed by atoms with E-state index in [1.54, 1.807) is 18.2 Å². The summed E-state index contributed by atoms with van der Waals surface area (Å²) in [6.07, 6.45) is -1.07. The van der Waals surface area contributed by atoms with Gasteiger partial charge in [0, 0.05) is 37.1 Å². The van der Waals surface area contributed by atoms with Crippen molar-refractivity contribution in [3.8, 4) is 0 Å². The number of hydrogen-bond donors (Lipinski definition) is 2. The average molecular weight is 404 g/mol. The van der Waals surface area contributed by atoms with Crippen molar-refractivity contribution < 1.29 is 22.8 Å². The van der Waals surface area contributed by atoms with Gasteiger partial charge in [-0.1, -0.05) is 12.1 Å². The van der Waals surface area contributed by atoms with Crippen molar-refractivity contribution in [1.82, 2.24) is 9.88 Å². The van der Waals surface area contributed by atoms with Crippen LogP contribution in [-0.4, -0.2) is 34.8 Å². The summed E-state index contributed by atoms with van der Waals surface area (Å²) in [5.74, 6) is -1.15. The Morgan fingerprint density at radius 2 is 2.07 bits per heavy atom. The Hall–Kier alpha value is -3.20. The van der Waals surface area contributed by atoms with E-state index in [-0.39, 0.29) is 18.0 Å². The lowest BCUT2D eigenvalue weighted by molar-refractivity contribution is -0.137. The van der Waals surface area contributed by atoms with Crippen molar-refractivity contribution in [1.29, 1.82) is 0 Å². The third kappa shape index (κ3) is 4.80. The minimum Gasteiger partial charge on any atom is -0.369 e. The van der Waals surface area contributed by atoms with Crippen molar-refractivity contribution in [2.45, 2.75) is 18.6 Å². The third-order valence-electron chi connectivity index (χ3n) is 4.64. The molecule has 1 atom stereocenters. The lowest BCUT2D eigenvalue weighted by Crippen LogP contribution is -2.39. The van der Waals surface area contributed by atoms with Crippen LogP contribution in [0.3, 0.4) is 0 Å². The molecule has 2 amide bonds. The Morgan fingerprint density at radius 3 is 2.72 bits per heavy atom. The Morgan fingerprint density at radius 1 is 1.31 bits per heavy atom. The largest absolute Gasteiger partial charge is 0.417 e. The number of amides is 2. The Bertz CT molecular complexity index is 959. The quantitative estimate of drug-likeness (QED) is 0.750. The minimum atomic E-state index is -4.58. The van der Waals surface area contributed by atoms with Gasteiger partial charge in [0.15, 0.2) is 0 Å². The maximum atomic E-state index is 12.8. The molecule has 1 aromatic carbocycles. The number of carbonyl (C=O) groups excluding carboxylic acids is 2. The van der Waals surface area contributed by atoms with Crippen LogP contribution in [0, 0.1) is 0 Å². The molecule has 3 N–H and O–H groups in total. The van der Waals surface area contributed by atoms with E-state index >= 15 is 0 Å². The van der Waals surface area contributed by atoms with Crippen molar-refractivity contribution in [2.75, 3.05) is 18.4 Å². The molecule has 0 unspecified atom stereocenters. The zero-order valence-electron chi connectivity index (χ0n) is 15.4. The highest BCUT2D eigenvalue weighted by Gasteiger charge is 2.31. The second-order valence-corrected chi connectivity index (χ2v) is 6.81. The van der Waals surface area contributed by atoms with Gasteiger partial charge in [0.25, 0.3) is 5.91 Å². The zero-order valence-corrected chi connectivity index (χ0v) is 15.4. The molecular weight excluding hydrogens is 385 g/mol. The van der Waals surface area contributed by atoms with Gasteiger partial charge in [0.05, 0.1) is 17.7 Å². The van der Waals surface area contributed by atoms with Crippen LogP contribution in [0.1, 0.15) is 33.0 Å². The van der Waals surface area contributed by atoms with Crippen LogP contribution in [0.25, 0.3) is 0 Å². The van der Waals surface area contributed by atoms with Gasteiger partial charge in [-0.2, -0.15) is 13.2 Å². The first-order valence-corrected chi connectivity index (χ1v) is 8.77. The normalized spacial score (nSPS) is 16.7. The van der Waals surface area contributed by atoms with E-state index in [0.29, 0.717) is 25.0 Å². The monoisotopic (exact) mass is 404 g/mol. The number of nitrogens with two attached hydrogens (primary N) is 1. The highest BCUT2D eigenvalue weighted by atomic mass is 19.4. The zero-order chi connectivity index (χ0) is 21.2. The van der Waals surface area contributed by atoms with E-state index in [0.717, 1.165) is 23.4 Å². The lowest BCUT2D eigenvalue weighted by atomic mass is 9.89.